The molecule has 1 aromatic carbocycles. The van der Waals surface area contributed by atoms with Crippen LogP contribution >= 0.6 is 0 Å². The number of aromatic carboxylic acids is 1. The Morgan fingerprint density at radius 2 is 1.81 bits per heavy atom. The van der Waals surface area contributed by atoms with E-state index in [4.69, 9.17) is 9.84 Å². The number of hydrogen-bond donors (Lipinski definition) is 2. The van der Waals surface area contributed by atoms with Crippen molar-refractivity contribution in [3.05, 3.63) is 29.1 Å². The smallest absolute Gasteiger partial charge is 0.338 e. The topological polar surface area (TPSA) is 113 Å². The van der Waals surface area contributed by atoms with Crippen LogP contribution in [0.15, 0.2) is 12.1 Å². The van der Waals surface area contributed by atoms with Crippen molar-refractivity contribution in [2.45, 2.75) is 44.7 Å². The van der Waals surface area contributed by atoms with Crippen LogP contribution in [0.5, 0.6) is 5.75 Å². The summed E-state index contributed by atoms with van der Waals surface area (Å²) in [7, 11) is -4.07. The molecule has 1 aromatic rings. The van der Waals surface area contributed by atoms with Gasteiger partial charge in [0, 0.05) is 12.1 Å². The lowest BCUT2D eigenvalue weighted by molar-refractivity contribution is 0.0690. The zero-order valence-electron chi connectivity index (χ0n) is 14.1. The lowest BCUT2D eigenvalue weighted by atomic mass is 10.1. The number of carbonyl (C=O) groups is 2. The predicted molar refractivity (Wildman–Crippen MR) is 88.8 cm³/mol. The number of benzene rings is 1. The van der Waals surface area contributed by atoms with Crippen LogP contribution in [0.4, 0.5) is 4.39 Å². The minimum absolute atomic E-state index is 0.0913. The van der Waals surface area contributed by atoms with E-state index in [0.29, 0.717) is 6.07 Å². The average Bonchev–Trinajstić information content (AvgIpc) is 3.43. The van der Waals surface area contributed by atoms with Crippen LogP contribution in [-0.4, -0.2) is 48.4 Å². The van der Waals surface area contributed by atoms with Crippen LogP contribution in [0, 0.1) is 5.82 Å². The highest BCUT2D eigenvalue weighted by molar-refractivity contribution is 7.87. The Hall–Kier alpha value is -2.20. The number of amides is 1. The van der Waals surface area contributed by atoms with Crippen molar-refractivity contribution in [1.82, 2.24) is 9.03 Å². The number of rotatable bonds is 8. The lowest BCUT2D eigenvalue weighted by Crippen LogP contribution is -2.45. The predicted octanol–water partition coefficient (Wildman–Crippen LogP) is 1.52. The molecule has 0 aromatic heterocycles. The monoisotopic (exact) mass is 386 g/mol. The summed E-state index contributed by atoms with van der Waals surface area (Å²) in [5.41, 5.74) is -1.03. The maximum atomic E-state index is 14.0. The first-order valence-corrected chi connectivity index (χ1v) is 9.73. The molecule has 3 rings (SSSR count). The van der Waals surface area contributed by atoms with E-state index >= 15 is 0 Å². The van der Waals surface area contributed by atoms with Crippen molar-refractivity contribution in [2.24, 2.45) is 0 Å². The van der Waals surface area contributed by atoms with Gasteiger partial charge in [-0.15, -0.1) is 0 Å². The number of carboxylic acids is 1. The molecule has 8 nitrogen and oxygen atoms in total. The van der Waals surface area contributed by atoms with Crippen LogP contribution < -0.4 is 9.46 Å². The number of ether oxygens (including phenoxy) is 1. The third-order valence-electron chi connectivity index (χ3n) is 4.16. The first-order valence-electron chi connectivity index (χ1n) is 8.29. The summed E-state index contributed by atoms with van der Waals surface area (Å²) in [6.45, 7) is 1.69. The fourth-order valence-electron chi connectivity index (χ4n) is 2.74. The zero-order chi connectivity index (χ0) is 19.1. The Kier molecular flexibility index (Phi) is 4.89. The van der Waals surface area contributed by atoms with Crippen molar-refractivity contribution in [1.29, 1.82) is 0 Å². The van der Waals surface area contributed by atoms with Crippen LogP contribution in [0.25, 0.3) is 0 Å². The summed E-state index contributed by atoms with van der Waals surface area (Å²) in [5.74, 6) is -3.92. The van der Waals surface area contributed by atoms with Gasteiger partial charge in [-0.2, -0.15) is 12.7 Å². The van der Waals surface area contributed by atoms with Crippen molar-refractivity contribution in [3.8, 4) is 5.75 Å². The molecule has 0 aliphatic heterocycles. The van der Waals surface area contributed by atoms with E-state index < -0.39 is 33.5 Å². The van der Waals surface area contributed by atoms with Crippen molar-refractivity contribution in [3.63, 3.8) is 0 Å². The third-order valence-corrected chi connectivity index (χ3v) is 5.75. The Balaban J connectivity index is 1.89. The normalized spacial score (nSPS) is 17.2. The fraction of sp³-hybridized carbons (Fsp3) is 0.500. The molecule has 0 saturated heterocycles. The Labute approximate surface area is 150 Å². The van der Waals surface area contributed by atoms with Crippen molar-refractivity contribution >= 4 is 22.1 Å². The van der Waals surface area contributed by atoms with E-state index in [2.05, 4.69) is 0 Å². The molecular weight excluding hydrogens is 367 g/mol. The molecule has 0 radical (unpaired) electrons. The molecule has 0 bridgehead atoms. The van der Waals surface area contributed by atoms with Gasteiger partial charge in [-0.25, -0.2) is 13.9 Å². The molecule has 26 heavy (non-hydrogen) atoms. The maximum absolute atomic E-state index is 14.0. The van der Waals surface area contributed by atoms with Crippen molar-refractivity contribution < 1.29 is 32.2 Å². The summed E-state index contributed by atoms with van der Waals surface area (Å²) in [4.78, 5) is 23.5. The molecule has 0 spiro atoms. The molecule has 2 fully saturated rings. The average molecular weight is 386 g/mol. The second-order valence-corrected chi connectivity index (χ2v) is 7.87. The quantitative estimate of drug-likeness (QED) is 0.700. The van der Waals surface area contributed by atoms with Gasteiger partial charge in [0.05, 0.1) is 17.7 Å². The SMILES string of the molecule is CCOc1cc(C(=O)O)c(F)cc1C(=O)NS(=O)(=O)N(C1CC1)C1CC1. The Morgan fingerprint density at radius 3 is 2.27 bits per heavy atom. The van der Waals surface area contributed by atoms with Gasteiger partial charge >= 0.3 is 16.2 Å². The second-order valence-electron chi connectivity index (χ2n) is 6.29. The van der Waals surface area contributed by atoms with Gasteiger partial charge in [0.2, 0.25) is 0 Å². The van der Waals surface area contributed by atoms with E-state index in [0.717, 1.165) is 31.7 Å². The Bertz CT molecular complexity index is 837. The summed E-state index contributed by atoms with van der Waals surface area (Å²) < 4.78 is 47.6. The van der Waals surface area contributed by atoms with Crippen LogP contribution in [0.2, 0.25) is 0 Å². The minimum atomic E-state index is -4.07. The Morgan fingerprint density at radius 1 is 1.23 bits per heavy atom. The van der Waals surface area contributed by atoms with E-state index in [9.17, 15) is 22.4 Å². The lowest BCUT2D eigenvalue weighted by Gasteiger charge is -2.22. The fourth-order valence-corrected chi connectivity index (χ4v) is 4.40. The van der Waals surface area contributed by atoms with Gasteiger partial charge in [0.15, 0.2) is 0 Å². The molecule has 2 saturated carbocycles. The molecule has 2 N–H and O–H groups in total. The number of hydrogen-bond acceptors (Lipinski definition) is 5. The maximum Gasteiger partial charge on any atom is 0.338 e. The van der Waals surface area contributed by atoms with Crippen molar-refractivity contribution in [2.75, 3.05) is 6.61 Å². The number of nitrogens with one attached hydrogen (secondary N) is 1. The first-order chi connectivity index (χ1) is 12.2. The largest absolute Gasteiger partial charge is 0.493 e. The van der Waals surface area contributed by atoms with Gasteiger partial charge < -0.3 is 9.84 Å². The number of carbonyl (C=O) groups excluding carboxylic acids is 1. The first kappa shape index (κ1) is 18.6. The molecule has 0 heterocycles. The summed E-state index contributed by atoms with van der Waals surface area (Å²) >= 11 is 0. The van der Waals surface area contributed by atoms with E-state index in [1.807, 2.05) is 4.72 Å². The van der Waals surface area contributed by atoms with Crippen LogP contribution in [-0.2, 0) is 10.2 Å². The summed E-state index contributed by atoms with van der Waals surface area (Å²) in [6, 6.07) is 1.34. The molecule has 142 valence electrons. The highest BCUT2D eigenvalue weighted by atomic mass is 32.2. The molecular formula is C16H19FN2O6S. The number of carboxylic acid groups (broad SMARTS) is 1. The second kappa shape index (κ2) is 6.84. The third kappa shape index (κ3) is 3.80. The summed E-state index contributed by atoms with van der Waals surface area (Å²) in [5, 5.41) is 8.98. The van der Waals surface area contributed by atoms with E-state index in [-0.39, 0.29) is 30.0 Å². The number of halogens is 1. The molecule has 1 amide bonds. The highest BCUT2D eigenvalue weighted by Gasteiger charge is 2.46. The van der Waals surface area contributed by atoms with Gasteiger partial charge in [0.25, 0.3) is 5.91 Å². The molecule has 2 aliphatic rings. The van der Waals surface area contributed by atoms with E-state index in [1.54, 1.807) is 6.92 Å². The van der Waals surface area contributed by atoms with Crippen LogP contribution in [0.3, 0.4) is 0 Å². The molecule has 0 unspecified atom stereocenters. The van der Waals surface area contributed by atoms with Gasteiger partial charge in [0.1, 0.15) is 11.6 Å². The molecule has 10 heteroatoms. The van der Waals surface area contributed by atoms with Crippen LogP contribution in [0.1, 0.15) is 53.3 Å². The minimum Gasteiger partial charge on any atom is -0.493 e. The molecule has 0 atom stereocenters. The highest BCUT2D eigenvalue weighted by Crippen LogP contribution is 2.39. The van der Waals surface area contributed by atoms with Gasteiger partial charge in [-0.1, -0.05) is 0 Å². The van der Waals surface area contributed by atoms with Gasteiger partial charge in [-0.3, -0.25) is 4.79 Å². The zero-order valence-corrected chi connectivity index (χ0v) is 14.9. The number of nitrogens with zero attached hydrogens (tertiary/aromatic N) is 1. The summed E-state index contributed by atoms with van der Waals surface area (Å²) in [6.07, 6.45) is 2.99. The van der Waals surface area contributed by atoms with E-state index in [1.165, 1.54) is 4.31 Å². The molecule has 2 aliphatic carbocycles. The standard InChI is InChI=1S/C16H19FN2O6S/c1-2-25-14-8-11(16(21)22)13(17)7-12(14)15(20)18-26(23,24)19(9-3-4-9)10-5-6-10/h7-10H,2-6H2,1H3,(H,18,20)(H,21,22). The van der Waals surface area contributed by atoms with Gasteiger partial charge in [-0.05, 0) is 44.7 Å².